The quantitative estimate of drug-likeness (QED) is 0.846. The summed E-state index contributed by atoms with van der Waals surface area (Å²) in [6.07, 6.45) is 4.32. The number of aliphatic hydroxyl groups is 1. The number of aromatic nitrogens is 1. The Morgan fingerprint density at radius 3 is 2.43 bits per heavy atom. The van der Waals surface area contributed by atoms with Crippen LogP contribution < -0.4 is 0 Å². The van der Waals surface area contributed by atoms with E-state index in [1.807, 2.05) is 6.07 Å². The fourth-order valence-electron chi connectivity index (χ4n) is 3.28. The highest BCUT2D eigenvalue weighted by Crippen LogP contribution is 2.50. The molecule has 1 aromatic rings. The molecule has 0 spiro atoms. The summed E-state index contributed by atoms with van der Waals surface area (Å²) in [5.74, 6) is 0.615. The number of nitrogens with zero attached hydrogens (tertiary/aromatic N) is 2. The van der Waals surface area contributed by atoms with Crippen LogP contribution in [0.3, 0.4) is 0 Å². The third-order valence-corrected chi connectivity index (χ3v) is 5.35. The van der Waals surface area contributed by atoms with Crippen molar-refractivity contribution in [3.05, 3.63) is 28.5 Å². The van der Waals surface area contributed by atoms with Crippen molar-refractivity contribution in [2.45, 2.75) is 52.6 Å². The minimum atomic E-state index is -0.809. The van der Waals surface area contributed by atoms with Crippen LogP contribution in [0.1, 0.15) is 58.3 Å². The van der Waals surface area contributed by atoms with Gasteiger partial charge in [0.25, 0.3) is 0 Å². The lowest BCUT2D eigenvalue weighted by atomic mass is 9.62. The number of halogens is 1. The van der Waals surface area contributed by atoms with Crippen molar-refractivity contribution in [1.82, 2.24) is 4.98 Å². The van der Waals surface area contributed by atoms with E-state index in [1.54, 1.807) is 12.3 Å². The lowest BCUT2D eigenvalue weighted by Gasteiger charge is -2.42. The van der Waals surface area contributed by atoms with Crippen LogP contribution in [0.2, 0.25) is 0 Å². The van der Waals surface area contributed by atoms with Gasteiger partial charge >= 0.3 is 0 Å². The van der Waals surface area contributed by atoms with E-state index in [0.29, 0.717) is 11.6 Å². The zero-order valence-corrected chi connectivity index (χ0v) is 14.5. The van der Waals surface area contributed by atoms with Gasteiger partial charge in [-0.25, -0.2) is 0 Å². The first kappa shape index (κ1) is 16.5. The predicted octanol–water partition coefficient (Wildman–Crippen LogP) is 4.62. The Labute approximate surface area is 135 Å². The van der Waals surface area contributed by atoms with E-state index in [9.17, 15) is 10.4 Å². The van der Waals surface area contributed by atoms with Crippen LogP contribution in [0.15, 0.2) is 22.8 Å². The molecule has 0 aromatic carbocycles. The molecule has 1 aromatic heterocycles. The van der Waals surface area contributed by atoms with Gasteiger partial charge in [0.05, 0.1) is 17.2 Å². The van der Waals surface area contributed by atoms with Crippen molar-refractivity contribution in [3.63, 3.8) is 0 Å². The molecule has 1 N–H and O–H groups in total. The summed E-state index contributed by atoms with van der Waals surface area (Å²) in [4.78, 5) is 4.27. The molecule has 2 rings (SSSR count). The second-order valence-corrected chi connectivity index (χ2v) is 8.13. The van der Waals surface area contributed by atoms with Crippen LogP contribution in [-0.4, -0.2) is 10.1 Å². The fraction of sp³-hybridized carbons (Fsp3) is 0.647. The summed E-state index contributed by atoms with van der Waals surface area (Å²) in [5, 5.41) is 20.3. The second kappa shape index (κ2) is 6.06. The lowest BCUT2D eigenvalue weighted by molar-refractivity contribution is 0.00597. The van der Waals surface area contributed by atoms with Crippen LogP contribution in [-0.2, 0) is 0 Å². The molecule has 0 bridgehead atoms. The highest BCUT2D eigenvalue weighted by atomic mass is 79.9. The average Bonchev–Trinajstić information content (AvgIpc) is 2.46. The Kier molecular flexibility index (Phi) is 4.75. The molecular formula is C17H23BrN2O. The standard InChI is InChI=1S/C17H23BrN2O/c1-16(2,3)12-6-8-17(11-19,9-7-12)15(21)14-5-4-13(18)10-20-14/h4-5,10,12,15,21H,6-9H2,1-3H3. The first-order valence-electron chi connectivity index (χ1n) is 7.49. The number of pyridine rings is 1. The van der Waals surface area contributed by atoms with E-state index >= 15 is 0 Å². The SMILES string of the molecule is CC(C)(C)C1CCC(C#N)(C(O)c2ccc(Br)cn2)CC1. The Balaban J connectivity index is 2.17. The molecule has 21 heavy (non-hydrogen) atoms. The average molecular weight is 351 g/mol. The van der Waals surface area contributed by atoms with Crippen molar-refractivity contribution in [2.75, 3.05) is 0 Å². The maximum atomic E-state index is 10.7. The predicted molar refractivity (Wildman–Crippen MR) is 86.4 cm³/mol. The second-order valence-electron chi connectivity index (χ2n) is 7.21. The van der Waals surface area contributed by atoms with Gasteiger partial charge < -0.3 is 5.11 Å². The molecule has 0 saturated heterocycles. The lowest BCUT2D eigenvalue weighted by Crippen LogP contribution is -2.36. The monoisotopic (exact) mass is 350 g/mol. The molecule has 1 fully saturated rings. The molecule has 1 aliphatic rings. The first-order valence-corrected chi connectivity index (χ1v) is 8.28. The van der Waals surface area contributed by atoms with Gasteiger partial charge in [-0.2, -0.15) is 5.26 Å². The summed E-state index contributed by atoms with van der Waals surface area (Å²) >= 11 is 3.34. The van der Waals surface area contributed by atoms with Gasteiger partial charge in [-0.05, 0) is 65.1 Å². The molecule has 114 valence electrons. The van der Waals surface area contributed by atoms with Crippen molar-refractivity contribution in [3.8, 4) is 6.07 Å². The van der Waals surface area contributed by atoms with Gasteiger partial charge in [-0.3, -0.25) is 4.98 Å². The van der Waals surface area contributed by atoms with E-state index in [2.05, 4.69) is 47.8 Å². The topological polar surface area (TPSA) is 56.9 Å². The largest absolute Gasteiger partial charge is 0.385 e. The van der Waals surface area contributed by atoms with E-state index in [-0.39, 0.29) is 5.41 Å². The van der Waals surface area contributed by atoms with Crippen LogP contribution in [0.25, 0.3) is 0 Å². The molecule has 3 nitrogen and oxygen atoms in total. The number of nitriles is 1. The van der Waals surface area contributed by atoms with Crippen molar-refractivity contribution in [1.29, 1.82) is 5.26 Å². The molecule has 1 unspecified atom stereocenters. The van der Waals surface area contributed by atoms with Crippen LogP contribution in [0.4, 0.5) is 0 Å². The molecule has 0 aliphatic heterocycles. The first-order chi connectivity index (χ1) is 9.78. The van der Waals surface area contributed by atoms with Gasteiger partial charge in [0.15, 0.2) is 0 Å². The number of rotatable bonds is 2. The number of hydrogen-bond acceptors (Lipinski definition) is 3. The maximum Gasteiger partial charge on any atom is 0.114 e. The summed E-state index contributed by atoms with van der Waals surface area (Å²) in [7, 11) is 0. The van der Waals surface area contributed by atoms with E-state index in [1.165, 1.54) is 0 Å². The molecule has 0 amide bonds. The van der Waals surface area contributed by atoms with Gasteiger partial charge in [0, 0.05) is 10.7 Å². The van der Waals surface area contributed by atoms with Gasteiger partial charge in [0.1, 0.15) is 6.10 Å². The summed E-state index contributed by atoms with van der Waals surface area (Å²) in [6.45, 7) is 6.76. The van der Waals surface area contributed by atoms with Crippen LogP contribution in [0.5, 0.6) is 0 Å². The number of aliphatic hydroxyl groups excluding tert-OH is 1. The van der Waals surface area contributed by atoms with Crippen molar-refractivity contribution in [2.24, 2.45) is 16.7 Å². The minimum absolute atomic E-state index is 0.266. The van der Waals surface area contributed by atoms with E-state index in [4.69, 9.17) is 0 Å². The summed E-state index contributed by atoms with van der Waals surface area (Å²) in [5.41, 5.74) is 0.166. The van der Waals surface area contributed by atoms with Gasteiger partial charge in [-0.15, -0.1) is 0 Å². The third-order valence-electron chi connectivity index (χ3n) is 4.88. The Morgan fingerprint density at radius 2 is 2.00 bits per heavy atom. The zero-order valence-electron chi connectivity index (χ0n) is 12.9. The highest BCUT2D eigenvalue weighted by Gasteiger charge is 2.44. The van der Waals surface area contributed by atoms with E-state index in [0.717, 1.165) is 30.2 Å². The van der Waals surface area contributed by atoms with Crippen LogP contribution in [0, 0.1) is 28.1 Å². The summed E-state index contributed by atoms with van der Waals surface area (Å²) < 4.78 is 0.876. The molecular weight excluding hydrogens is 328 g/mol. The van der Waals surface area contributed by atoms with Crippen molar-refractivity contribution < 1.29 is 5.11 Å². The van der Waals surface area contributed by atoms with Crippen molar-refractivity contribution >= 4 is 15.9 Å². The number of hydrogen-bond donors (Lipinski definition) is 1. The maximum absolute atomic E-state index is 10.7. The molecule has 4 heteroatoms. The summed E-state index contributed by atoms with van der Waals surface area (Å²) in [6, 6.07) is 6.05. The van der Waals surface area contributed by atoms with Gasteiger partial charge in [0.2, 0.25) is 0 Å². The molecule has 1 heterocycles. The normalized spacial score (nSPS) is 27.9. The molecule has 1 saturated carbocycles. The Bertz CT molecular complexity index is 519. The Hall–Kier alpha value is -0.920. The van der Waals surface area contributed by atoms with E-state index < -0.39 is 11.5 Å². The highest BCUT2D eigenvalue weighted by molar-refractivity contribution is 9.10. The van der Waals surface area contributed by atoms with Gasteiger partial charge in [-0.1, -0.05) is 20.8 Å². The fourth-order valence-corrected chi connectivity index (χ4v) is 3.51. The zero-order chi connectivity index (χ0) is 15.7. The Morgan fingerprint density at radius 1 is 1.38 bits per heavy atom. The smallest absolute Gasteiger partial charge is 0.114 e. The molecule has 1 aliphatic carbocycles. The minimum Gasteiger partial charge on any atom is -0.385 e. The molecule has 1 atom stereocenters. The third kappa shape index (κ3) is 3.46. The van der Waals surface area contributed by atoms with Crippen LogP contribution >= 0.6 is 15.9 Å². The molecule has 0 radical (unpaired) electrons.